The summed E-state index contributed by atoms with van der Waals surface area (Å²) in [7, 11) is 0. The molecule has 16 heavy (non-hydrogen) atoms. The summed E-state index contributed by atoms with van der Waals surface area (Å²) in [5.74, 6) is 3.79. The third kappa shape index (κ3) is 1.22. The minimum atomic E-state index is 0.740. The molecule has 1 saturated carbocycles. The number of hydrogen-bond acceptors (Lipinski definition) is 0. The van der Waals surface area contributed by atoms with E-state index in [0.717, 1.165) is 29.6 Å². The molecule has 1 fully saturated rings. The van der Waals surface area contributed by atoms with Gasteiger partial charge in [0.05, 0.1) is 0 Å². The van der Waals surface area contributed by atoms with Crippen LogP contribution < -0.4 is 0 Å². The zero-order chi connectivity index (χ0) is 11.3. The van der Waals surface area contributed by atoms with Crippen LogP contribution in [0.25, 0.3) is 0 Å². The first-order valence-electron chi connectivity index (χ1n) is 6.40. The van der Waals surface area contributed by atoms with Crippen LogP contribution in [-0.4, -0.2) is 0 Å². The van der Waals surface area contributed by atoms with Gasteiger partial charge in [0.2, 0.25) is 0 Å². The summed E-state index contributed by atoms with van der Waals surface area (Å²) in [6.07, 6.45) is 14.1. The quantitative estimate of drug-likeness (QED) is 0.566. The Morgan fingerprint density at radius 3 is 2.31 bits per heavy atom. The van der Waals surface area contributed by atoms with Crippen LogP contribution in [0, 0.1) is 29.6 Å². The van der Waals surface area contributed by atoms with Gasteiger partial charge in [-0.3, -0.25) is 0 Å². The SMILES string of the molecule is CC1=C(C)C2C(C)C3C=CC=CC3C2C=C1. The molecule has 0 radical (unpaired) electrons. The van der Waals surface area contributed by atoms with Crippen molar-refractivity contribution in [1.82, 2.24) is 0 Å². The molecule has 0 heterocycles. The standard InChI is InChI=1S/C16H20/c1-10-8-9-15-14-7-5-4-6-13(14)12(3)16(15)11(10)2/h4-9,12-16H,1-3H3. The van der Waals surface area contributed by atoms with Gasteiger partial charge in [0, 0.05) is 0 Å². The summed E-state index contributed by atoms with van der Waals surface area (Å²) in [5.41, 5.74) is 3.11. The average Bonchev–Trinajstić information content (AvgIpc) is 2.59. The third-order valence-electron chi connectivity index (χ3n) is 4.95. The molecule has 0 saturated heterocycles. The molecule has 84 valence electrons. The molecule has 0 aromatic heterocycles. The number of rotatable bonds is 0. The highest BCUT2D eigenvalue weighted by atomic mass is 14.5. The second-order valence-corrected chi connectivity index (χ2v) is 5.61. The van der Waals surface area contributed by atoms with Gasteiger partial charge in [0.1, 0.15) is 0 Å². The lowest BCUT2D eigenvalue weighted by molar-refractivity contribution is 0.396. The van der Waals surface area contributed by atoms with Gasteiger partial charge in [-0.2, -0.15) is 0 Å². The number of fused-ring (bicyclic) bond motifs is 3. The van der Waals surface area contributed by atoms with Crippen molar-refractivity contribution < 1.29 is 0 Å². The highest BCUT2D eigenvalue weighted by Gasteiger charge is 2.46. The maximum atomic E-state index is 2.46. The van der Waals surface area contributed by atoms with Gasteiger partial charge >= 0.3 is 0 Å². The predicted molar refractivity (Wildman–Crippen MR) is 68.9 cm³/mol. The van der Waals surface area contributed by atoms with Gasteiger partial charge in [0.25, 0.3) is 0 Å². The van der Waals surface area contributed by atoms with Gasteiger partial charge < -0.3 is 0 Å². The Morgan fingerprint density at radius 1 is 0.875 bits per heavy atom. The third-order valence-corrected chi connectivity index (χ3v) is 4.95. The van der Waals surface area contributed by atoms with Crippen LogP contribution >= 0.6 is 0 Å². The maximum Gasteiger partial charge on any atom is -0.00929 e. The zero-order valence-electron chi connectivity index (χ0n) is 10.4. The van der Waals surface area contributed by atoms with Crippen molar-refractivity contribution in [3.8, 4) is 0 Å². The van der Waals surface area contributed by atoms with Crippen molar-refractivity contribution in [1.29, 1.82) is 0 Å². The van der Waals surface area contributed by atoms with Crippen LogP contribution in [0.4, 0.5) is 0 Å². The smallest absolute Gasteiger partial charge is 0.00929 e. The van der Waals surface area contributed by atoms with E-state index in [1.165, 1.54) is 5.57 Å². The maximum absolute atomic E-state index is 2.46. The van der Waals surface area contributed by atoms with Gasteiger partial charge in [0.15, 0.2) is 0 Å². The second-order valence-electron chi connectivity index (χ2n) is 5.61. The molecule has 0 aromatic rings. The van der Waals surface area contributed by atoms with Crippen LogP contribution in [0.15, 0.2) is 47.6 Å². The molecule has 0 heteroatoms. The first kappa shape index (κ1) is 10.1. The fraction of sp³-hybridized carbons (Fsp3) is 0.500. The first-order chi connectivity index (χ1) is 7.70. The summed E-state index contributed by atoms with van der Waals surface area (Å²) in [6.45, 7) is 7.02. The first-order valence-corrected chi connectivity index (χ1v) is 6.40. The zero-order valence-corrected chi connectivity index (χ0v) is 10.4. The Kier molecular flexibility index (Phi) is 2.20. The van der Waals surface area contributed by atoms with Crippen LogP contribution in [-0.2, 0) is 0 Å². The van der Waals surface area contributed by atoms with Crippen molar-refractivity contribution in [2.75, 3.05) is 0 Å². The lowest BCUT2D eigenvalue weighted by atomic mass is 9.77. The van der Waals surface area contributed by atoms with Crippen molar-refractivity contribution in [2.24, 2.45) is 29.6 Å². The van der Waals surface area contributed by atoms with Crippen LogP contribution in [0.5, 0.6) is 0 Å². The monoisotopic (exact) mass is 212 g/mol. The van der Waals surface area contributed by atoms with E-state index in [2.05, 4.69) is 57.2 Å². The molecule has 0 nitrogen and oxygen atoms in total. The Labute approximate surface area is 98.4 Å². The summed E-state index contributed by atoms with van der Waals surface area (Å²) < 4.78 is 0. The van der Waals surface area contributed by atoms with Gasteiger partial charge in [-0.15, -0.1) is 0 Å². The Hall–Kier alpha value is -1.04. The topological polar surface area (TPSA) is 0 Å². The van der Waals surface area contributed by atoms with Crippen LogP contribution in [0.2, 0.25) is 0 Å². The highest BCUT2D eigenvalue weighted by molar-refractivity contribution is 5.36. The van der Waals surface area contributed by atoms with E-state index >= 15 is 0 Å². The fourth-order valence-corrected chi connectivity index (χ4v) is 3.96. The van der Waals surface area contributed by atoms with Gasteiger partial charge in [-0.25, -0.2) is 0 Å². The lowest BCUT2D eigenvalue weighted by Crippen LogP contribution is -2.19. The van der Waals surface area contributed by atoms with E-state index in [1.807, 2.05) is 0 Å². The Bertz CT molecular complexity index is 419. The van der Waals surface area contributed by atoms with Crippen LogP contribution in [0.1, 0.15) is 20.8 Å². The Balaban J connectivity index is 2.04. The van der Waals surface area contributed by atoms with E-state index in [-0.39, 0.29) is 0 Å². The van der Waals surface area contributed by atoms with E-state index in [9.17, 15) is 0 Å². The molecule has 0 bridgehead atoms. The molecule has 0 aliphatic heterocycles. The normalized spacial score (nSPS) is 44.8. The Morgan fingerprint density at radius 2 is 1.56 bits per heavy atom. The molecule has 3 rings (SSSR count). The minimum Gasteiger partial charge on any atom is -0.0805 e. The average molecular weight is 212 g/mol. The molecule has 3 aliphatic rings. The summed E-state index contributed by atoms with van der Waals surface area (Å²) >= 11 is 0. The summed E-state index contributed by atoms with van der Waals surface area (Å²) in [4.78, 5) is 0. The fourth-order valence-electron chi connectivity index (χ4n) is 3.96. The highest BCUT2D eigenvalue weighted by Crippen LogP contribution is 2.53. The molecule has 0 spiro atoms. The van der Waals surface area contributed by atoms with Gasteiger partial charge in [-0.05, 0) is 43.4 Å². The van der Waals surface area contributed by atoms with Crippen molar-refractivity contribution >= 4 is 0 Å². The van der Waals surface area contributed by atoms with E-state index < -0.39 is 0 Å². The molecule has 0 amide bonds. The van der Waals surface area contributed by atoms with Crippen molar-refractivity contribution in [3.63, 3.8) is 0 Å². The van der Waals surface area contributed by atoms with E-state index in [0.29, 0.717) is 0 Å². The number of hydrogen-bond donors (Lipinski definition) is 0. The summed E-state index contributed by atoms with van der Waals surface area (Å²) in [6, 6.07) is 0. The van der Waals surface area contributed by atoms with Gasteiger partial charge in [-0.1, -0.05) is 54.5 Å². The van der Waals surface area contributed by atoms with Crippen molar-refractivity contribution in [2.45, 2.75) is 20.8 Å². The van der Waals surface area contributed by atoms with E-state index in [1.54, 1.807) is 5.57 Å². The minimum absolute atomic E-state index is 0.740. The number of allylic oxidation sites excluding steroid dienone is 8. The molecule has 5 unspecified atom stereocenters. The molecule has 0 N–H and O–H groups in total. The molecular formula is C16H20. The molecule has 5 atom stereocenters. The van der Waals surface area contributed by atoms with Crippen LogP contribution in [0.3, 0.4) is 0 Å². The molecular weight excluding hydrogens is 192 g/mol. The molecule has 0 aromatic carbocycles. The molecule has 3 aliphatic carbocycles. The predicted octanol–water partition coefficient (Wildman–Crippen LogP) is 4.13. The van der Waals surface area contributed by atoms with E-state index in [4.69, 9.17) is 0 Å². The lowest BCUT2D eigenvalue weighted by Gasteiger charge is -2.28. The second kappa shape index (κ2) is 3.48. The summed E-state index contributed by atoms with van der Waals surface area (Å²) in [5, 5.41) is 0. The largest absolute Gasteiger partial charge is 0.0805 e. The van der Waals surface area contributed by atoms with Crippen molar-refractivity contribution in [3.05, 3.63) is 47.6 Å².